The third-order valence-corrected chi connectivity index (χ3v) is 3.78. The van der Waals surface area contributed by atoms with Crippen LogP contribution in [0.1, 0.15) is 33.4 Å². The number of aromatic nitrogens is 2. The molecule has 2 heterocycles. The molecule has 1 aromatic carbocycles. The van der Waals surface area contributed by atoms with Gasteiger partial charge in [0.25, 0.3) is 11.6 Å². The van der Waals surface area contributed by atoms with E-state index in [1.54, 1.807) is 19.9 Å². The quantitative estimate of drug-likeness (QED) is 0.757. The molecule has 1 amide bonds. The second-order valence-electron chi connectivity index (χ2n) is 5.62. The third-order valence-electron chi connectivity index (χ3n) is 3.78. The number of hydrogen-bond acceptors (Lipinski definition) is 5. The largest absolute Gasteiger partial charge is 0.386 e. The molecule has 2 N–H and O–H groups in total. The van der Waals surface area contributed by atoms with Gasteiger partial charge >= 0.3 is 0 Å². The number of aliphatic hydroxyl groups excluding tert-OH is 1. The van der Waals surface area contributed by atoms with Crippen LogP contribution in [-0.2, 0) is 0 Å². The van der Waals surface area contributed by atoms with Gasteiger partial charge in [0, 0.05) is 12.2 Å². The normalized spacial score (nSPS) is 12.4. The van der Waals surface area contributed by atoms with Crippen LogP contribution in [0.4, 0.5) is 8.78 Å². The van der Waals surface area contributed by atoms with Gasteiger partial charge < -0.3 is 14.9 Å². The number of nitrogens with one attached hydrogen (secondary N) is 1. The molecule has 1 atom stereocenters. The van der Waals surface area contributed by atoms with Gasteiger partial charge in [-0.15, -0.1) is 0 Å². The van der Waals surface area contributed by atoms with Gasteiger partial charge in [0.15, 0.2) is 0 Å². The summed E-state index contributed by atoms with van der Waals surface area (Å²) in [6.07, 6.45) is -1.52. The van der Waals surface area contributed by atoms with Crippen molar-refractivity contribution in [1.29, 1.82) is 0 Å². The molecule has 0 saturated carbocycles. The SMILES string of the molecule is Cc1cc(C(=O)NCC(O)c2c(F)cccc2F)c2c(C)noc2n1. The van der Waals surface area contributed by atoms with Gasteiger partial charge in [-0.3, -0.25) is 4.79 Å². The number of rotatable bonds is 4. The second-order valence-corrected chi connectivity index (χ2v) is 5.62. The lowest BCUT2D eigenvalue weighted by molar-refractivity contribution is 0.0913. The number of amides is 1. The molecule has 0 saturated heterocycles. The number of carbonyl (C=O) groups is 1. The van der Waals surface area contributed by atoms with E-state index in [1.165, 1.54) is 6.07 Å². The van der Waals surface area contributed by atoms with Crippen LogP contribution < -0.4 is 5.32 Å². The van der Waals surface area contributed by atoms with Crippen LogP contribution in [0.15, 0.2) is 28.8 Å². The van der Waals surface area contributed by atoms with Gasteiger partial charge in [0.1, 0.15) is 17.7 Å². The minimum Gasteiger partial charge on any atom is -0.386 e. The van der Waals surface area contributed by atoms with E-state index >= 15 is 0 Å². The Hall–Kier alpha value is -2.87. The van der Waals surface area contributed by atoms with E-state index in [9.17, 15) is 18.7 Å². The minimum atomic E-state index is -1.52. The lowest BCUT2D eigenvalue weighted by atomic mass is 10.1. The Morgan fingerprint density at radius 1 is 1.32 bits per heavy atom. The number of benzene rings is 1. The average Bonchev–Trinajstić information content (AvgIpc) is 2.92. The molecule has 0 radical (unpaired) electrons. The van der Waals surface area contributed by atoms with Gasteiger partial charge in [-0.2, -0.15) is 0 Å². The van der Waals surface area contributed by atoms with Crippen LogP contribution in [-0.4, -0.2) is 27.7 Å². The molecule has 8 heteroatoms. The number of aliphatic hydroxyl groups is 1. The molecular weight excluding hydrogens is 332 g/mol. The molecule has 6 nitrogen and oxygen atoms in total. The van der Waals surface area contributed by atoms with Crippen molar-refractivity contribution in [3.63, 3.8) is 0 Å². The number of fused-ring (bicyclic) bond motifs is 1. The Balaban J connectivity index is 1.83. The van der Waals surface area contributed by atoms with Crippen molar-refractivity contribution in [3.8, 4) is 0 Å². The zero-order valence-electron chi connectivity index (χ0n) is 13.5. The van der Waals surface area contributed by atoms with Gasteiger partial charge in [0.2, 0.25) is 0 Å². The highest BCUT2D eigenvalue weighted by atomic mass is 19.1. The number of halogens is 2. The summed E-state index contributed by atoms with van der Waals surface area (Å²) in [6.45, 7) is 3.00. The van der Waals surface area contributed by atoms with E-state index in [1.807, 2.05) is 0 Å². The van der Waals surface area contributed by atoms with Crippen LogP contribution in [0.2, 0.25) is 0 Å². The maximum atomic E-state index is 13.7. The molecular formula is C17H15F2N3O3. The molecule has 3 aromatic rings. The van der Waals surface area contributed by atoms with E-state index in [4.69, 9.17) is 4.52 Å². The highest BCUT2D eigenvalue weighted by Gasteiger charge is 2.21. The van der Waals surface area contributed by atoms with Crippen molar-refractivity contribution >= 4 is 17.0 Å². The molecule has 0 aliphatic carbocycles. The Kier molecular flexibility index (Phi) is 4.45. The van der Waals surface area contributed by atoms with Gasteiger partial charge in [-0.25, -0.2) is 13.8 Å². The summed E-state index contributed by atoms with van der Waals surface area (Å²) in [7, 11) is 0. The molecule has 3 rings (SSSR count). The highest BCUT2D eigenvalue weighted by Crippen LogP contribution is 2.23. The Morgan fingerprint density at radius 3 is 2.68 bits per heavy atom. The maximum absolute atomic E-state index is 13.7. The fourth-order valence-corrected chi connectivity index (χ4v) is 2.61. The molecule has 0 bridgehead atoms. The summed E-state index contributed by atoms with van der Waals surface area (Å²) < 4.78 is 32.4. The topological polar surface area (TPSA) is 88.2 Å². The van der Waals surface area contributed by atoms with E-state index in [0.717, 1.165) is 12.1 Å². The maximum Gasteiger partial charge on any atom is 0.258 e. The molecule has 1 unspecified atom stereocenters. The second kappa shape index (κ2) is 6.56. The molecule has 0 spiro atoms. The van der Waals surface area contributed by atoms with Crippen LogP contribution >= 0.6 is 0 Å². The zero-order valence-corrected chi connectivity index (χ0v) is 13.5. The third kappa shape index (κ3) is 3.20. The van der Waals surface area contributed by atoms with Crippen molar-refractivity contribution in [3.05, 3.63) is 58.4 Å². The van der Waals surface area contributed by atoms with E-state index in [-0.39, 0.29) is 17.8 Å². The van der Waals surface area contributed by atoms with Gasteiger partial charge in [0.05, 0.1) is 22.2 Å². The predicted octanol–water partition coefficient (Wildman–Crippen LogP) is 2.58. The van der Waals surface area contributed by atoms with E-state index in [0.29, 0.717) is 16.8 Å². The molecule has 0 aliphatic heterocycles. The minimum absolute atomic E-state index is 0.225. The van der Waals surface area contributed by atoms with E-state index in [2.05, 4.69) is 15.5 Å². The van der Waals surface area contributed by atoms with Crippen molar-refractivity contribution in [2.75, 3.05) is 6.54 Å². The zero-order chi connectivity index (χ0) is 18.1. The number of nitrogens with zero attached hydrogens (tertiary/aromatic N) is 2. The van der Waals surface area contributed by atoms with Crippen molar-refractivity contribution in [2.24, 2.45) is 0 Å². The lowest BCUT2D eigenvalue weighted by Crippen LogP contribution is -2.29. The first kappa shape index (κ1) is 17.0. The molecule has 0 fully saturated rings. The first-order valence-corrected chi connectivity index (χ1v) is 7.52. The molecule has 25 heavy (non-hydrogen) atoms. The van der Waals surface area contributed by atoms with Gasteiger partial charge in [-0.1, -0.05) is 11.2 Å². The number of pyridine rings is 1. The summed E-state index contributed by atoms with van der Waals surface area (Å²) in [5, 5.41) is 16.7. The predicted molar refractivity (Wildman–Crippen MR) is 84.9 cm³/mol. The Morgan fingerprint density at radius 2 is 2.00 bits per heavy atom. The summed E-state index contributed by atoms with van der Waals surface area (Å²) in [4.78, 5) is 16.6. The van der Waals surface area contributed by atoms with Gasteiger partial charge in [-0.05, 0) is 32.0 Å². The number of carbonyl (C=O) groups excluding carboxylic acids is 1. The number of hydrogen-bond donors (Lipinski definition) is 2. The summed E-state index contributed by atoms with van der Waals surface area (Å²) in [6, 6.07) is 4.84. The standard InChI is InChI=1S/C17H15F2N3O3/c1-8-6-10(14-9(2)22-25-17(14)21-8)16(24)20-7-13(23)15-11(18)4-3-5-12(15)19/h3-6,13,23H,7H2,1-2H3,(H,20,24). The smallest absolute Gasteiger partial charge is 0.258 e. The average molecular weight is 347 g/mol. The lowest BCUT2D eigenvalue weighted by Gasteiger charge is -2.14. The first-order chi connectivity index (χ1) is 11.9. The fraction of sp³-hybridized carbons (Fsp3) is 0.235. The van der Waals surface area contributed by atoms with Crippen molar-refractivity contribution < 1.29 is 23.2 Å². The summed E-state index contributed by atoms with van der Waals surface area (Å²) >= 11 is 0. The van der Waals surface area contributed by atoms with Crippen LogP contribution in [0, 0.1) is 25.5 Å². The first-order valence-electron chi connectivity index (χ1n) is 7.52. The summed E-state index contributed by atoms with van der Waals surface area (Å²) in [5.74, 6) is -2.28. The number of aryl methyl sites for hydroxylation is 2. The Bertz CT molecular complexity index is 935. The highest BCUT2D eigenvalue weighted by molar-refractivity contribution is 6.06. The molecule has 0 aliphatic rings. The Labute approximate surface area is 141 Å². The van der Waals surface area contributed by atoms with Crippen LogP contribution in [0.5, 0.6) is 0 Å². The molecule has 2 aromatic heterocycles. The van der Waals surface area contributed by atoms with Crippen molar-refractivity contribution in [1.82, 2.24) is 15.5 Å². The molecule has 130 valence electrons. The fourth-order valence-electron chi connectivity index (χ4n) is 2.61. The van der Waals surface area contributed by atoms with Crippen LogP contribution in [0.3, 0.4) is 0 Å². The van der Waals surface area contributed by atoms with Crippen molar-refractivity contribution in [2.45, 2.75) is 20.0 Å². The van der Waals surface area contributed by atoms with E-state index < -0.39 is 29.2 Å². The van der Waals surface area contributed by atoms with Crippen LogP contribution in [0.25, 0.3) is 11.1 Å². The monoisotopic (exact) mass is 347 g/mol. The summed E-state index contributed by atoms with van der Waals surface area (Å²) in [5.41, 5.74) is 1.05.